The number of carbonyl (C=O) groups is 18. The molecular weight excluding hydrogens is 2080 g/mol. The largest absolute Gasteiger partial charge is 0.465 e. The Balaban J connectivity index is -0.000000406. The van der Waals surface area contributed by atoms with Gasteiger partial charge in [0.2, 0.25) is 0 Å². The van der Waals surface area contributed by atoms with E-state index < -0.39 is 356 Å². The molecule has 147 heavy (non-hydrogen) atoms. The van der Waals surface area contributed by atoms with Crippen molar-refractivity contribution in [3.63, 3.8) is 0 Å². The van der Waals surface area contributed by atoms with Crippen molar-refractivity contribution in [1.82, 2.24) is 0 Å². The Labute approximate surface area is 828 Å². The maximum atomic E-state index is 13.6. The molecule has 0 bridgehead atoms. The number of hydrogen-bond acceptors (Lipinski definition) is 36. The first-order valence-corrected chi connectivity index (χ1v) is 44.1. The van der Waals surface area contributed by atoms with E-state index in [4.69, 9.17) is 14.2 Å². The lowest BCUT2D eigenvalue weighted by Gasteiger charge is -2.22. The lowest BCUT2D eigenvalue weighted by molar-refractivity contribution is -0.199. The second-order valence-corrected chi connectivity index (χ2v) is 33.2. The number of alkyl halides is 24. The van der Waals surface area contributed by atoms with Gasteiger partial charge < -0.3 is 85.3 Å². The molecule has 3 unspecified atom stereocenters. The summed E-state index contributed by atoms with van der Waals surface area (Å²) in [6, 6.07) is 0. The Bertz CT molecular complexity index is 4180. The zero-order valence-electron chi connectivity index (χ0n) is 84.5. The lowest BCUT2D eigenvalue weighted by atomic mass is 9.91. The van der Waals surface area contributed by atoms with Gasteiger partial charge in [0.15, 0.2) is 0 Å². The van der Waals surface area contributed by atoms with Crippen molar-refractivity contribution < 1.29 is 277 Å². The van der Waals surface area contributed by atoms with Crippen molar-refractivity contribution in [1.29, 1.82) is 0 Å². The van der Waals surface area contributed by atoms with Crippen molar-refractivity contribution in [3.8, 4) is 0 Å². The lowest BCUT2D eigenvalue weighted by Crippen LogP contribution is -2.43. The molecule has 0 radical (unpaired) electrons. The Kier molecular flexibility index (Phi) is 65.3. The summed E-state index contributed by atoms with van der Waals surface area (Å²) in [6.07, 6.45) is -13.2. The molecule has 0 saturated heterocycles. The Hall–Kier alpha value is -11.2. The molecule has 0 aromatic heterocycles. The third kappa shape index (κ3) is 58.4. The van der Waals surface area contributed by atoms with Crippen LogP contribution in [0.25, 0.3) is 0 Å². The molecule has 36 nitrogen and oxygen atoms in total. The van der Waals surface area contributed by atoms with Crippen molar-refractivity contribution >= 4 is 107 Å². The number of hydrogen-bond donors (Lipinski definition) is 0. The van der Waals surface area contributed by atoms with Crippen LogP contribution in [-0.4, -0.2) is 297 Å². The maximum absolute atomic E-state index is 13.6. The average molecular weight is 2200 g/mol. The van der Waals surface area contributed by atoms with Gasteiger partial charge in [0, 0.05) is 0 Å². The number of methoxy groups -OCH3 is 2. The summed E-state index contributed by atoms with van der Waals surface area (Å²) in [5.41, 5.74) is -2.39. The normalized spacial score (nSPS) is 12.9. The van der Waals surface area contributed by atoms with Crippen LogP contribution in [0.2, 0.25) is 0 Å². The molecule has 0 fully saturated rings. The number of halogens is 24. The average Bonchev–Trinajstić information content (AvgIpc) is 0.828. The molecule has 60 heteroatoms. The van der Waals surface area contributed by atoms with Crippen LogP contribution in [0, 0.1) is 34.0 Å². The maximum Gasteiger partial charge on any atom is 0.377 e. The van der Waals surface area contributed by atoms with E-state index in [1.165, 1.54) is 41.5 Å². The Morgan fingerprint density at radius 2 is 0.320 bits per heavy atom. The number of rotatable bonds is 58. The van der Waals surface area contributed by atoms with E-state index in [9.17, 15) is 192 Å². The monoisotopic (exact) mass is 2200 g/mol. The van der Waals surface area contributed by atoms with Crippen molar-refractivity contribution in [3.05, 3.63) is 0 Å². The van der Waals surface area contributed by atoms with E-state index >= 15 is 0 Å². The van der Waals surface area contributed by atoms with Gasteiger partial charge in [0.25, 0.3) is 0 Å². The number of ether oxygens (including phenoxy) is 18. The van der Waals surface area contributed by atoms with Gasteiger partial charge in [-0.25, -0.2) is 57.5 Å². The molecule has 0 heterocycles. The molecule has 0 saturated carbocycles. The van der Waals surface area contributed by atoms with Gasteiger partial charge in [-0.3, -0.25) is 28.8 Å². The third-order valence-electron chi connectivity index (χ3n) is 18.5. The third-order valence-corrected chi connectivity index (χ3v) is 18.5. The van der Waals surface area contributed by atoms with E-state index in [1.54, 1.807) is 104 Å². The topological polar surface area (TPSA) is 473 Å². The first kappa shape index (κ1) is 146. The van der Waals surface area contributed by atoms with E-state index in [0.717, 1.165) is 0 Å². The minimum atomic E-state index is -4.62. The van der Waals surface area contributed by atoms with Crippen LogP contribution in [0.1, 0.15) is 222 Å². The molecule has 0 aliphatic rings. The fraction of sp³-hybridized carbons (Fsp3) is 0.793. The first-order valence-electron chi connectivity index (χ1n) is 44.1. The highest BCUT2D eigenvalue weighted by Crippen LogP contribution is 2.40. The van der Waals surface area contributed by atoms with Crippen molar-refractivity contribution in [2.45, 2.75) is 306 Å². The van der Waals surface area contributed by atoms with Crippen LogP contribution in [0.15, 0.2) is 0 Å². The van der Waals surface area contributed by atoms with Gasteiger partial charge in [-0.15, -0.1) is 0 Å². The minimum Gasteiger partial charge on any atom is -0.465 e. The summed E-state index contributed by atoms with van der Waals surface area (Å²) in [4.78, 5) is 201. The van der Waals surface area contributed by atoms with E-state index in [0.29, 0.717) is 52.7 Å². The van der Waals surface area contributed by atoms with E-state index in [2.05, 4.69) is 71.1 Å². The second-order valence-electron chi connectivity index (χ2n) is 33.2. The van der Waals surface area contributed by atoms with Crippen molar-refractivity contribution in [2.75, 3.05) is 107 Å². The Morgan fingerprint density at radius 1 is 0.190 bits per heavy atom. The smallest absolute Gasteiger partial charge is 0.377 e. The zero-order chi connectivity index (χ0) is 117. The number of carbonyl (C=O) groups excluding carboxylic acids is 18. The highest BCUT2D eigenvalue weighted by molar-refractivity contribution is 5.87. The van der Waals surface area contributed by atoms with Gasteiger partial charge in [0.05, 0.1) is 112 Å². The van der Waals surface area contributed by atoms with E-state index in [-0.39, 0.29) is 0 Å². The summed E-state index contributed by atoms with van der Waals surface area (Å²) >= 11 is 0. The van der Waals surface area contributed by atoms with E-state index in [1.807, 2.05) is 0 Å². The summed E-state index contributed by atoms with van der Waals surface area (Å²) in [5, 5.41) is 0. The molecule has 3 atom stereocenters. The van der Waals surface area contributed by atoms with Crippen LogP contribution >= 0.6 is 0 Å². The standard InChI is InChI=1S/C16H24F4O6.2C15H22F4O6.2C14H20F4O6.C13H18F4O6/c1-6-14(4,5)11(21)24-7-8-25-12(22)15(17,18)9-16(19,20)13(23)26-10(2)3;1-5-10(4)11(20)23-6-7-24-12(21)14(16,17)8-15(18,19)13(22)25-9(2)3;1-5-13(3,4)10(20)24-7-8-25-12(22)15(18,19)9-14(16,17)11(21)23-6-2;1-5-12(2,3)9(19)23-6-7-24-11(21)14(17,18)8-13(15,16)10(20)22-4;1-4-9(3)10(19)23-6-7-24-12(21)14(17,18)8-13(15,16)11(20)22-5-2;1-4-8(2)9(18)22-5-6-23-11(20)13(16,17)7-12(14,15)10(19)21-3/h10H,6-9H2,1-5H3;9-10H,5-8H2,1-4H3;5-9H2,1-4H3;5-8H2,1-4H3;9H,4-8H2,1-3H3;8H,4-7H2,1-3H3. The first-order chi connectivity index (χ1) is 66.5. The molecule has 0 aromatic rings. The quantitative estimate of drug-likeness (QED) is 0.0236. The molecule has 858 valence electrons. The summed E-state index contributed by atoms with van der Waals surface area (Å²) < 4.78 is 397. The highest BCUT2D eigenvalue weighted by Gasteiger charge is 2.61. The Morgan fingerprint density at radius 3 is 0.449 bits per heavy atom. The molecule has 0 aliphatic heterocycles. The zero-order valence-corrected chi connectivity index (χ0v) is 84.5. The molecule has 0 spiro atoms. The second kappa shape index (κ2) is 65.6. The summed E-state index contributed by atoms with van der Waals surface area (Å²) in [6.45, 7) is 24.1. The van der Waals surface area contributed by atoms with Crippen LogP contribution in [0.3, 0.4) is 0 Å². The van der Waals surface area contributed by atoms with Gasteiger partial charge in [-0.1, -0.05) is 62.3 Å². The fourth-order valence-electron chi connectivity index (χ4n) is 8.13. The van der Waals surface area contributed by atoms with Gasteiger partial charge in [-0.05, 0) is 122 Å². The van der Waals surface area contributed by atoms with Crippen LogP contribution < -0.4 is 0 Å². The summed E-state index contributed by atoms with van der Waals surface area (Å²) in [5.74, 6) is -86.3. The highest BCUT2D eigenvalue weighted by atomic mass is 19.3. The van der Waals surface area contributed by atoms with Gasteiger partial charge >= 0.3 is 179 Å². The van der Waals surface area contributed by atoms with Gasteiger partial charge in [-0.2, -0.15) is 105 Å². The predicted molar refractivity (Wildman–Crippen MR) is 449 cm³/mol. The summed E-state index contributed by atoms with van der Waals surface area (Å²) in [7, 11) is 1.19. The minimum absolute atomic E-state index is 0.411. The molecule has 0 aromatic carbocycles. The SMILES string of the molecule is CCC(C)(C)C(=O)OCCOC(=O)C(F)(F)CC(F)(F)C(=O)OC.CCC(C)(C)C(=O)OCCOC(=O)C(F)(F)CC(F)(F)C(=O)OC(C)C.CCC(C)C(=O)OCCOC(=O)C(F)(F)CC(F)(F)C(=O)OC.CCC(C)C(=O)OCCOC(=O)C(F)(F)CC(F)(F)C(=O)OC(C)C.CCOC(=O)C(F)(F)CC(F)(F)C(=O)OCCOC(=O)C(C)(C)CC.CCOC(=O)C(F)(F)CC(F)(F)C(=O)OCCOC(=O)C(C)CC. The molecular formula is C87H126F24O36. The number of esters is 18. The van der Waals surface area contributed by atoms with Gasteiger partial charge in [0.1, 0.15) is 79.3 Å². The van der Waals surface area contributed by atoms with Crippen LogP contribution in [0.4, 0.5) is 105 Å². The fourth-order valence-corrected chi connectivity index (χ4v) is 8.13. The molecule has 0 rings (SSSR count). The predicted octanol–water partition coefficient (Wildman–Crippen LogP) is 15.2. The molecule has 0 aliphatic carbocycles. The van der Waals surface area contributed by atoms with Crippen LogP contribution in [-0.2, 0) is 172 Å². The molecule has 0 N–H and O–H groups in total. The van der Waals surface area contributed by atoms with Crippen LogP contribution in [0.5, 0.6) is 0 Å². The van der Waals surface area contributed by atoms with Crippen molar-refractivity contribution in [2.24, 2.45) is 34.0 Å². The molecule has 0 amide bonds.